The zero-order valence-corrected chi connectivity index (χ0v) is 16.7. The molecule has 2 unspecified atom stereocenters. The van der Waals surface area contributed by atoms with Crippen molar-refractivity contribution < 1.29 is 9.53 Å². The summed E-state index contributed by atoms with van der Waals surface area (Å²) in [6, 6.07) is 7.80. The Hall–Kier alpha value is -2.08. The molecule has 2 aliphatic rings. The third kappa shape index (κ3) is 5.96. The first kappa shape index (κ1) is 19.7. The number of hydrogen-bond donors (Lipinski definition) is 2. The van der Waals surface area contributed by atoms with Gasteiger partial charge in [-0.3, -0.25) is 4.79 Å². The average molecular weight is 373 g/mol. The monoisotopic (exact) mass is 372 g/mol. The second-order valence-electron chi connectivity index (χ2n) is 7.68. The van der Waals surface area contributed by atoms with E-state index in [1.807, 2.05) is 43.0 Å². The molecule has 2 N–H and O–H groups in total. The van der Waals surface area contributed by atoms with Crippen molar-refractivity contribution in [3.05, 3.63) is 35.4 Å². The first-order chi connectivity index (χ1) is 13.0. The Morgan fingerprint density at radius 1 is 1.15 bits per heavy atom. The first-order valence-corrected chi connectivity index (χ1v) is 10.1. The van der Waals surface area contributed by atoms with E-state index >= 15 is 0 Å². The van der Waals surface area contributed by atoms with Crippen LogP contribution in [0.25, 0.3) is 0 Å². The van der Waals surface area contributed by atoms with Crippen molar-refractivity contribution in [2.45, 2.75) is 52.4 Å². The van der Waals surface area contributed by atoms with Gasteiger partial charge in [0.2, 0.25) is 0 Å². The lowest BCUT2D eigenvalue weighted by Gasteiger charge is -2.35. The van der Waals surface area contributed by atoms with Crippen LogP contribution in [0, 0.1) is 5.92 Å². The lowest BCUT2D eigenvalue weighted by atomic mass is 10.1. The van der Waals surface area contributed by atoms with Gasteiger partial charge in [0.15, 0.2) is 5.96 Å². The molecule has 1 aliphatic carbocycles. The number of carbonyl (C=O) groups excluding carboxylic acids is 1. The number of nitrogens with zero attached hydrogens (tertiary/aromatic N) is 2. The number of carbonyl (C=O) groups is 1. The molecule has 1 aromatic rings. The molecule has 0 bridgehead atoms. The Morgan fingerprint density at radius 3 is 2.41 bits per heavy atom. The molecule has 0 radical (unpaired) electrons. The smallest absolute Gasteiger partial charge is 0.254 e. The Morgan fingerprint density at radius 2 is 1.81 bits per heavy atom. The van der Waals surface area contributed by atoms with Crippen LogP contribution in [-0.2, 0) is 11.3 Å². The van der Waals surface area contributed by atoms with Crippen LogP contribution < -0.4 is 10.6 Å². The second-order valence-corrected chi connectivity index (χ2v) is 7.68. The topological polar surface area (TPSA) is 66.0 Å². The summed E-state index contributed by atoms with van der Waals surface area (Å²) in [5, 5.41) is 6.68. The normalized spacial score (nSPS) is 23.2. The summed E-state index contributed by atoms with van der Waals surface area (Å²) in [5.41, 5.74) is 1.82. The molecule has 3 rings (SSSR count). The number of hydrogen-bond acceptors (Lipinski definition) is 3. The van der Waals surface area contributed by atoms with Crippen LogP contribution in [-0.4, -0.2) is 55.2 Å². The molecule has 1 aromatic carbocycles. The molecule has 1 aliphatic heterocycles. The van der Waals surface area contributed by atoms with E-state index in [9.17, 15) is 4.79 Å². The molecule has 1 amide bonds. The van der Waals surface area contributed by atoms with Gasteiger partial charge in [-0.1, -0.05) is 12.1 Å². The minimum absolute atomic E-state index is 0.0755. The fourth-order valence-electron chi connectivity index (χ4n) is 3.35. The molecule has 6 nitrogen and oxygen atoms in total. The van der Waals surface area contributed by atoms with Crippen LogP contribution in [0.3, 0.4) is 0 Å². The van der Waals surface area contributed by atoms with E-state index in [0.717, 1.165) is 36.1 Å². The molecule has 2 fully saturated rings. The van der Waals surface area contributed by atoms with E-state index in [4.69, 9.17) is 4.74 Å². The molecular weight excluding hydrogens is 340 g/mol. The summed E-state index contributed by atoms with van der Waals surface area (Å²) < 4.78 is 5.71. The van der Waals surface area contributed by atoms with E-state index in [-0.39, 0.29) is 18.1 Å². The van der Waals surface area contributed by atoms with Crippen LogP contribution in [0.5, 0.6) is 0 Å². The van der Waals surface area contributed by atoms with Crippen molar-refractivity contribution in [3.8, 4) is 0 Å². The van der Waals surface area contributed by atoms with Gasteiger partial charge in [-0.25, -0.2) is 4.99 Å². The average Bonchev–Trinajstić information content (AvgIpc) is 3.47. The molecule has 2 atom stereocenters. The Balaban J connectivity index is 1.57. The highest BCUT2D eigenvalue weighted by Crippen LogP contribution is 2.27. The number of benzene rings is 1. The van der Waals surface area contributed by atoms with Crippen LogP contribution >= 0.6 is 0 Å². The van der Waals surface area contributed by atoms with Gasteiger partial charge in [-0.2, -0.15) is 0 Å². The summed E-state index contributed by atoms with van der Waals surface area (Å²) in [7, 11) is 0. The lowest BCUT2D eigenvalue weighted by molar-refractivity contribution is -0.0586. The molecule has 1 saturated heterocycles. The molecule has 148 valence electrons. The van der Waals surface area contributed by atoms with Crippen LogP contribution in [0.1, 0.15) is 49.5 Å². The largest absolute Gasteiger partial charge is 0.372 e. The molecule has 27 heavy (non-hydrogen) atoms. The number of nitrogens with one attached hydrogen (secondary N) is 2. The van der Waals surface area contributed by atoms with Crippen molar-refractivity contribution in [3.63, 3.8) is 0 Å². The second kappa shape index (κ2) is 9.22. The quantitative estimate of drug-likeness (QED) is 0.594. The summed E-state index contributed by atoms with van der Waals surface area (Å²) in [4.78, 5) is 19.3. The van der Waals surface area contributed by atoms with Gasteiger partial charge in [0.25, 0.3) is 5.91 Å². The Bertz CT molecular complexity index is 645. The lowest BCUT2D eigenvalue weighted by Crippen LogP contribution is -2.48. The van der Waals surface area contributed by atoms with Crippen molar-refractivity contribution >= 4 is 11.9 Å². The highest BCUT2D eigenvalue weighted by molar-refractivity contribution is 5.94. The minimum Gasteiger partial charge on any atom is -0.372 e. The van der Waals surface area contributed by atoms with Gasteiger partial charge in [-0.15, -0.1) is 0 Å². The van der Waals surface area contributed by atoms with E-state index in [1.54, 1.807) is 0 Å². The molecule has 6 heteroatoms. The van der Waals surface area contributed by atoms with E-state index in [1.165, 1.54) is 12.8 Å². The number of amides is 1. The molecule has 0 aromatic heterocycles. The van der Waals surface area contributed by atoms with Crippen molar-refractivity contribution in [2.24, 2.45) is 10.9 Å². The summed E-state index contributed by atoms with van der Waals surface area (Å²) >= 11 is 0. The van der Waals surface area contributed by atoms with Gasteiger partial charge in [-0.05, 0) is 57.2 Å². The maximum Gasteiger partial charge on any atom is 0.254 e. The number of rotatable bonds is 6. The maximum atomic E-state index is 12.7. The van der Waals surface area contributed by atoms with Crippen LogP contribution in [0.2, 0.25) is 0 Å². The minimum atomic E-state index is 0.0755. The number of ether oxygens (including phenoxy) is 1. The van der Waals surface area contributed by atoms with Crippen molar-refractivity contribution in [2.75, 3.05) is 26.2 Å². The van der Waals surface area contributed by atoms with Crippen molar-refractivity contribution in [1.82, 2.24) is 15.5 Å². The standard InChI is InChI=1S/C21H32N4O2/c1-4-22-21(23-11-17-5-6-17)24-12-18-7-9-19(10-8-18)20(26)25-13-15(2)27-16(3)14-25/h7-10,15-17H,4-6,11-14H2,1-3H3,(H2,22,23,24). The van der Waals surface area contributed by atoms with Gasteiger partial charge < -0.3 is 20.3 Å². The van der Waals surface area contributed by atoms with Crippen LogP contribution in [0.15, 0.2) is 29.3 Å². The highest BCUT2D eigenvalue weighted by Gasteiger charge is 2.26. The third-order valence-corrected chi connectivity index (χ3v) is 4.93. The molecule has 1 saturated carbocycles. The van der Waals surface area contributed by atoms with E-state index in [2.05, 4.69) is 22.5 Å². The zero-order valence-electron chi connectivity index (χ0n) is 16.7. The number of guanidine groups is 1. The molecular formula is C21H32N4O2. The summed E-state index contributed by atoms with van der Waals surface area (Å²) in [5.74, 6) is 1.75. The van der Waals surface area contributed by atoms with Crippen LogP contribution in [0.4, 0.5) is 0 Å². The maximum absolute atomic E-state index is 12.7. The van der Waals surface area contributed by atoms with Gasteiger partial charge >= 0.3 is 0 Å². The predicted molar refractivity (Wildman–Crippen MR) is 108 cm³/mol. The van der Waals surface area contributed by atoms with E-state index in [0.29, 0.717) is 19.6 Å². The van der Waals surface area contributed by atoms with Gasteiger partial charge in [0.05, 0.1) is 18.8 Å². The molecule has 1 heterocycles. The van der Waals surface area contributed by atoms with E-state index < -0.39 is 0 Å². The zero-order chi connectivity index (χ0) is 19.2. The van der Waals surface area contributed by atoms with Gasteiger partial charge in [0.1, 0.15) is 0 Å². The summed E-state index contributed by atoms with van der Waals surface area (Å²) in [6.07, 6.45) is 2.81. The Kier molecular flexibility index (Phi) is 6.72. The van der Waals surface area contributed by atoms with Crippen molar-refractivity contribution in [1.29, 1.82) is 0 Å². The number of morpholine rings is 1. The predicted octanol–water partition coefficient (Wildman–Crippen LogP) is 2.40. The Labute approximate surface area is 162 Å². The SMILES string of the molecule is CCNC(=NCc1ccc(C(=O)N2CC(C)OC(C)C2)cc1)NCC1CC1. The third-order valence-electron chi connectivity index (χ3n) is 4.93. The highest BCUT2D eigenvalue weighted by atomic mass is 16.5. The summed E-state index contributed by atoms with van der Waals surface area (Å²) in [6.45, 7) is 9.83. The van der Waals surface area contributed by atoms with Gasteiger partial charge in [0, 0.05) is 31.7 Å². The fourth-order valence-corrected chi connectivity index (χ4v) is 3.35. The number of aliphatic imine (C=N–C) groups is 1. The first-order valence-electron chi connectivity index (χ1n) is 10.1. The molecule has 0 spiro atoms. The fraction of sp³-hybridized carbons (Fsp3) is 0.619.